The van der Waals surface area contributed by atoms with Gasteiger partial charge in [-0.25, -0.2) is 4.98 Å². The fraction of sp³-hybridized carbons (Fsp3) is 0.0909. The fourth-order valence-corrected chi connectivity index (χ4v) is 5.99. The molecule has 0 saturated carbocycles. The maximum Gasteiger partial charge on any atom is 0.0972 e. The molecule has 3 aromatic heterocycles. The molecule has 174 valence electrons. The first kappa shape index (κ1) is 22.4. The molecule has 0 fully saturated rings. The molecular formula is C33H26N2S. The van der Waals surface area contributed by atoms with Crippen molar-refractivity contribution in [1.29, 1.82) is 0 Å². The smallest absolute Gasteiger partial charge is 0.0972 e. The predicted octanol–water partition coefficient (Wildman–Crippen LogP) is 9.70. The van der Waals surface area contributed by atoms with Crippen LogP contribution in [0.15, 0.2) is 109 Å². The van der Waals surface area contributed by atoms with Gasteiger partial charge in [-0.15, -0.1) is 11.3 Å². The predicted molar refractivity (Wildman–Crippen MR) is 156 cm³/mol. The van der Waals surface area contributed by atoms with Gasteiger partial charge in [-0.05, 0) is 59.5 Å². The number of allylic oxidation sites excluding steroid dienone is 4. The highest BCUT2D eigenvalue weighted by Gasteiger charge is 2.14. The summed E-state index contributed by atoms with van der Waals surface area (Å²) in [6, 6.07) is 30.2. The third kappa shape index (κ3) is 3.92. The summed E-state index contributed by atoms with van der Waals surface area (Å²) in [5, 5.41) is 4.68. The fourth-order valence-electron chi connectivity index (χ4n) is 4.85. The lowest BCUT2D eigenvalue weighted by Crippen LogP contribution is -1.90. The third-order valence-electron chi connectivity index (χ3n) is 6.69. The van der Waals surface area contributed by atoms with E-state index < -0.39 is 0 Å². The van der Waals surface area contributed by atoms with Crippen molar-refractivity contribution in [2.24, 2.45) is 0 Å². The minimum absolute atomic E-state index is 0.946. The highest BCUT2D eigenvalue weighted by Crippen LogP contribution is 2.40. The van der Waals surface area contributed by atoms with Gasteiger partial charge in [0, 0.05) is 32.3 Å². The van der Waals surface area contributed by atoms with Crippen LogP contribution >= 0.6 is 11.3 Å². The summed E-state index contributed by atoms with van der Waals surface area (Å²) in [6.07, 6.45) is 9.28. The number of rotatable bonds is 5. The Hall–Kier alpha value is -4.08. The molecule has 0 atom stereocenters. The Kier molecular flexibility index (Phi) is 5.92. The number of hydrogen-bond donors (Lipinski definition) is 0. The molecule has 0 N–H and O–H groups in total. The first-order valence-corrected chi connectivity index (χ1v) is 13.2. The Morgan fingerprint density at radius 2 is 1.53 bits per heavy atom. The number of aromatic nitrogens is 2. The molecule has 36 heavy (non-hydrogen) atoms. The second-order valence-corrected chi connectivity index (χ2v) is 9.93. The Bertz CT molecular complexity index is 1790. The van der Waals surface area contributed by atoms with E-state index in [2.05, 4.69) is 116 Å². The first-order valence-electron chi connectivity index (χ1n) is 12.4. The highest BCUT2D eigenvalue weighted by atomic mass is 32.1. The number of fused-ring (bicyclic) bond motifs is 4. The van der Waals surface area contributed by atoms with E-state index in [-0.39, 0.29) is 0 Å². The summed E-state index contributed by atoms with van der Waals surface area (Å²) in [5.41, 5.74) is 6.63. The van der Waals surface area contributed by atoms with Crippen LogP contribution in [0.2, 0.25) is 0 Å². The molecule has 0 bridgehead atoms. The van der Waals surface area contributed by atoms with Gasteiger partial charge in [-0.2, -0.15) is 0 Å². The number of nitrogens with zero attached hydrogens (tertiary/aromatic N) is 2. The quantitative estimate of drug-likeness (QED) is 0.180. The van der Waals surface area contributed by atoms with Gasteiger partial charge in [0.1, 0.15) is 0 Å². The van der Waals surface area contributed by atoms with E-state index in [9.17, 15) is 0 Å². The molecule has 0 aliphatic rings. The zero-order valence-corrected chi connectivity index (χ0v) is 21.2. The summed E-state index contributed by atoms with van der Waals surface area (Å²) < 4.78 is 0. The van der Waals surface area contributed by atoms with Crippen LogP contribution in [0.25, 0.3) is 59.8 Å². The van der Waals surface area contributed by atoms with E-state index in [0.29, 0.717) is 0 Å². The van der Waals surface area contributed by atoms with Crippen LogP contribution in [-0.4, -0.2) is 9.97 Å². The van der Waals surface area contributed by atoms with Crippen molar-refractivity contribution in [3.05, 3.63) is 114 Å². The SMILES string of the molecule is C/C=C\C=C(/CC)c1ccc(-c2ccc(-c3ccc4ccc5cccnc5c4n3)c3ccccc23)s1. The largest absolute Gasteiger partial charge is 0.254 e. The van der Waals surface area contributed by atoms with Crippen LogP contribution in [0.1, 0.15) is 25.1 Å². The van der Waals surface area contributed by atoms with E-state index in [1.165, 1.54) is 31.7 Å². The van der Waals surface area contributed by atoms with E-state index in [4.69, 9.17) is 4.98 Å². The van der Waals surface area contributed by atoms with E-state index in [1.807, 2.05) is 23.6 Å². The van der Waals surface area contributed by atoms with E-state index >= 15 is 0 Å². The molecule has 3 heteroatoms. The van der Waals surface area contributed by atoms with Gasteiger partial charge in [-0.3, -0.25) is 4.98 Å². The number of hydrogen-bond acceptors (Lipinski definition) is 3. The lowest BCUT2D eigenvalue weighted by atomic mass is 9.96. The van der Waals surface area contributed by atoms with Gasteiger partial charge < -0.3 is 0 Å². The molecule has 0 aliphatic heterocycles. The van der Waals surface area contributed by atoms with Gasteiger partial charge >= 0.3 is 0 Å². The van der Waals surface area contributed by atoms with Gasteiger partial charge in [0.15, 0.2) is 0 Å². The molecular weight excluding hydrogens is 456 g/mol. The summed E-state index contributed by atoms with van der Waals surface area (Å²) in [7, 11) is 0. The minimum Gasteiger partial charge on any atom is -0.254 e. The standard InChI is InChI=1S/C33H26N2S/c1-3-5-9-22(4-2)30-19-20-31(36-30)28-17-16-27(25-11-6-7-12-26(25)28)29-18-15-24-14-13-23-10-8-21-34-32(23)33(24)35-29/h3,5-21H,4H2,1-2H3/b5-3-,22-9+. The average molecular weight is 483 g/mol. The normalized spacial score (nSPS) is 12.3. The van der Waals surface area contributed by atoms with Crippen molar-refractivity contribution in [1.82, 2.24) is 9.97 Å². The molecule has 0 aliphatic carbocycles. The number of thiophene rings is 1. The van der Waals surface area contributed by atoms with Crippen LogP contribution in [0, 0.1) is 0 Å². The molecule has 0 radical (unpaired) electrons. The van der Waals surface area contributed by atoms with E-state index in [1.54, 1.807) is 0 Å². The van der Waals surface area contributed by atoms with Crippen molar-refractivity contribution in [2.45, 2.75) is 20.3 Å². The van der Waals surface area contributed by atoms with Crippen LogP contribution in [-0.2, 0) is 0 Å². The molecule has 0 spiro atoms. The van der Waals surface area contributed by atoms with Gasteiger partial charge in [-0.1, -0.05) is 85.8 Å². The van der Waals surface area contributed by atoms with Gasteiger partial charge in [0.2, 0.25) is 0 Å². The van der Waals surface area contributed by atoms with Crippen molar-refractivity contribution in [3.63, 3.8) is 0 Å². The monoisotopic (exact) mass is 482 g/mol. The second kappa shape index (κ2) is 9.52. The van der Waals surface area contributed by atoms with Crippen molar-refractivity contribution in [2.75, 3.05) is 0 Å². The molecule has 3 heterocycles. The first-order chi connectivity index (χ1) is 17.8. The lowest BCUT2D eigenvalue weighted by molar-refractivity contribution is 1.25. The van der Waals surface area contributed by atoms with Crippen LogP contribution in [0.4, 0.5) is 0 Å². The van der Waals surface area contributed by atoms with Crippen LogP contribution in [0.5, 0.6) is 0 Å². The molecule has 0 amide bonds. The Balaban J connectivity index is 1.50. The molecule has 6 aromatic rings. The Morgan fingerprint density at radius 3 is 2.33 bits per heavy atom. The number of benzene rings is 3. The van der Waals surface area contributed by atoms with Crippen molar-refractivity contribution >= 4 is 49.5 Å². The van der Waals surface area contributed by atoms with E-state index in [0.717, 1.165) is 39.5 Å². The molecule has 0 saturated heterocycles. The van der Waals surface area contributed by atoms with Gasteiger partial charge in [0.05, 0.1) is 16.7 Å². The Morgan fingerprint density at radius 1 is 0.778 bits per heavy atom. The second-order valence-electron chi connectivity index (χ2n) is 8.85. The zero-order valence-electron chi connectivity index (χ0n) is 20.4. The maximum absolute atomic E-state index is 5.12. The summed E-state index contributed by atoms with van der Waals surface area (Å²) in [5.74, 6) is 0. The van der Waals surface area contributed by atoms with Crippen LogP contribution < -0.4 is 0 Å². The summed E-state index contributed by atoms with van der Waals surface area (Å²) in [6.45, 7) is 4.27. The lowest BCUT2D eigenvalue weighted by Gasteiger charge is -2.11. The molecule has 2 nitrogen and oxygen atoms in total. The summed E-state index contributed by atoms with van der Waals surface area (Å²) in [4.78, 5) is 12.4. The Labute approximate surface area is 215 Å². The number of pyridine rings is 2. The minimum atomic E-state index is 0.946. The molecule has 6 rings (SSSR count). The molecule has 0 unspecified atom stereocenters. The summed E-state index contributed by atoms with van der Waals surface area (Å²) >= 11 is 1.86. The van der Waals surface area contributed by atoms with Crippen LogP contribution in [0.3, 0.4) is 0 Å². The van der Waals surface area contributed by atoms with Crippen molar-refractivity contribution < 1.29 is 0 Å². The van der Waals surface area contributed by atoms with Crippen molar-refractivity contribution in [3.8, 4) is 21.7 Å². The maximum atomic E-state index is 5.12. The van der Waals surface area contributed by atoms with Gasteiger partial charge in [0.25, 0.3) is 0 Å². The average Bonchev–Trinajstić information content (AvgIpc) is 3.42. The molecule has 3 aromatic carbocycles. The topological polar surface area (TPSA) is 25.8 Å². The highest BCUT2D eigenvalue weighted by molar-refractivity contribution is 7.16. The zero-order chi connectivity index (χ0) is 24.5. The third-order valence-corrected chi connectivity index (χ3v) is 7.88.